The smallest absolute Gasteiger partial charge is 0.241 e. The minimum Gasteiger partial charge on any atom is -0.335 e. The number of amides is 1. The van der Waals surface area contributed by atoms with Crippen LogP contribution in [0.4, 0.5) is 0 Å². The molecule has 3 atom stereocenters. The highest BCUT2D eigenvalue weighted by Gasteiger charge is 2.49. The van der Waals surface area contributed by atoms with Crippen LogP contribution in [0.3, 0.4) is 0 Å². The number of nitrogens with zero attached hydrogens (tertiary/aromatic N) is 1. The Balaban J connectivity index is 1.74. The Morgan fingerprint density at radius 2 is 1.92 bits per heavy atom. The van der Waals surface area contributed by atoms with Crippen molar-refractivity contribution in [3.05, 3.63) is 61.2 Å². The third-order valence-corrected chi connectivity index (χ3v) is 5.56. The molecule has 3 rings (SSSR count). The Hall–Kier alpha value is -1.91. The van der Waals surface area contributed by atoms with Gasteiger partial charge >= 0.3 is 0 Å². The summed E-state index contributed by atoms with van der Waals surface area (Å²) in [7, 11) is 0. The van der Waals surface area contributed by atoms with E-state index < -0.39 is 0 Å². The zero-order valence-corrected chi connectivity index (χ0v) is 14.4. The van der Waals surface area contributed by atoms with Gasteiger partial charge in [-0.1, -0.05) is 49.4 Å². The Kier molecular flexibility index (Phi) is 4.88. The first-order valence-corrected chi connectivity index (χ1v) is 8.72. The van der Waals surface area contributed by atoms with Gasteiger partial charge in [0.05, 0.1) is 11.6 Å². The van der Waals surface area contributed by atoms with E-state index in [4.69, 9.17) is 0 Å². The van der Waals surface area contributed by atoms with Crippen LogP contribution >= 0.6 is 0 Å². The second kappa shape index (κ2) is 6.91. The topological polar surface area (TPSA) is 44.4 Å². The maximum Gasteiger partial charge on any atom is 0.241 e. The maximum atomic E-state index is 13.1. The Labute approximate surface area is 144 Å². The van der Waals surface area contributed by atoms with Crippen molar-refractivity contribution in [2.24, 2.45) is 5.92 Å². The monoisotopic (exact) mass is 325 g/mol. The fourth-order valence-corrected chi connectivity index (χ4v) is 4.07. The number of carbonyl (C=O) groups is 1. The van der Waals surface area contributed by atoms with Crippen molar-refractivity contribution in [2.45, 2.75) is 43.8 Å². The van der Waals surface area contributed by atoms with Crippen LogP contribution in [-0.4, -0.2) is 28.9 Å². The van der Waals surface area contributed by atoms with E-state index in [-0.39, 0.29) is 29.4 Å². The van der Waals surface area contributed by atoms with Crippen molar-refractivity contribution in [1.29, 1.82) is 0 Å². The van der Waals surface area contributed by atoms with Crippen LogP contribution in [0.5, 0.6) is 0 Å². The molecule has 0 aromatic heterocycles. The first-order chi connectivity index (χ1) is 11.6. The Bertz CT molecular complexity index is 603. The van der Waals surface area contributed by atoms with Crippen LogP contribution in [0.2, 0.25) is 0 Å². The van der Waals surface area contributed by atoms with Crippen molar-refractivity contribution in [3.8, 4) is 0 Å². The lowest BCUT2D eigenvalue weighted by atomic mass is 9.77. The van der Waals surface area contributed by atoms with Gasteiger partial charge in [-0.2, -0.15) is 0 Å². The summed E-state index contributed by atoms with van der Waals surface area (Å²) < 4.78 is 0. The van der Waals surface area contributed by atoms with Crippen LogP contribution in [0.1, 0.15) is 37.8 Å². The zero-order valence-electron chi connectivity index (χ0n) is 14.4. The molecule has 0 radical (unpaired) electrons. The van der Waals surface area contributed by atoms with Gasteiger partial charge in [-0.3, -0.25) is 4.79 Å². The minimum atomic E-state index is -0.204. The van der Waals surface area contributed by atoms with Crippen molar-refractivity contribution in [3.63, 3.8) is 0 Å². The van der Waals surface area contributed by atoms with Gasteiger partial charge in [0.1, 0.15) is 6.04 Å². The molecule has 2 N–H and O–H groups in total. The summed E-state index contributed by atoms with van der Waals surface area (Å²) in [6, 6.07) is 10.2. The molecular weight excluding hydrogens is 298 g/mol. The van der Waals surface area contributed by atoms with Crippen molar-refractivity contribution in [2.75, 3.05) is 6.54 Å². The molecule has 4 heteroatoms. The van der Waals surface area contributed by atoms with E-state index in [2.05, 4.69) is 43.1 Å². The summed E-state index contributed by atoms with van der Waals surface area (Å²) in [5, 5.41) is 0. The normalized spacial score (nSPS) is 28.2. The molecule has 2 heterocycles. The highest BCUT2D eigenvalue weighted by Crippen LogP contribution is 2.40. The molecule has 128 valence electrons. The lowest BCUT2D eigenvalue weighted by Crippen LogP contribution is -2.65. The van der Waals surface area contributed by atoms with Crippen molar-refractivity contribution >= 4 is 5.91 Å². The lowest BCUT2D eigenvalue weighted by Gasteiger charge is -2.53. The van der Waals surface area contributed by atoms with E-state index in [1.807, 2.05) is 35.3 Å². The molecular formula is C20H27N3O. The van der Waals surface area contributed by atoms with Crippen LogP contribution in [0.25, 0.3) is 0 Å². The molecule has 3 unspecified atom stereocenters. The van der Waals surface area contributed by atoms with E-state index in [0.29, 0.717) is 0 Å². The maximum absolute atomic E-state index is 13.1. The third-order valence-electron chi connectivity index (χ3n) is 5.56. The predicted octanol–water partition coefficient (Wildman–Crippen LogP) is 2.96. The zero-order chi connectivity index (χ0) is 17.2. The fourth-order valence-electron chi connectivity index (χ4n) is 4.07. The molecule has 24 heavy (non-hydrogen) atoms. The Morgan fingerprint density at radius 3 is 2.46 bits per heavy atom. The first kappa shape index (κ1) is 16.9. The number of nitrogens with one attached hydrogen (secondary N) is 2. The molecule has 1 aromatic rings. The fraction of sp³-hybridized carbons (Fsp3) is 0.450. The molecule has 0 bridgehead atoms. The second-order valence-corrected chi connectivity index (χ2v) is 6.96. The van der Waals surface area contributed by atoms with Crippen LogP contribution < -0.4 is 10.9 Å². The summed E-state index contributed by atoms with van der Waals surface area (Å²) >= 11 is 0. The molecule has 2 aliphatic rings. The van der Waals surface area contributed by atoms with Gasteiger partial charge in [0, 0.05) is 12.5 Å². The molecule has 2 fully saturated rings. The molecule has 0 saturated carbocycles. The number of likely N-dealkylation sites (tertiary alicyclic amines) is 1. The van der Waals surface area contributed by atoms with Gasteiger partial charge < -0.3 is 4.90 Å². The van der Waals surface area contributed by atoms with Gasteiger partial charge in [0.25, 0.3) is 0 Å². The van der Waals surface area contributed by atoms with Crippen LogP contribution in [0, 0.1) is 5.92 Å². The average Bonchev–Trinajstić information content (AvgIpc) is 2.96. The Morgan fingerprint density at radius 1 is 1.25 bits per heavy atom. The molecule has 1 aromatic carbocycles. The highest BCUT2D eigenvalue weighted by molar-refractivity contribution is 5.84. The summed E-state index contributed by atoms with van der Waals surface area (Å²) in [6.07, 6.45) is 6.50. The van der Waals surface area contributed by atoms with Crippen LogP contribution in [0.15, 0.2) is 55.6 Å². The molecule has 0 aliphatic carbocycles. The molecule has 4 nitrogen and oxygen atoms in total. The quantitative estimate of drug-likeness (QED) is 0.791. The number of hydrogen-bond acceptors (Lipinski definition) is 3. The van der Waals surface area contributed by atoms with Gasteiger partial charge in [0.2, 0.25) is 5.91 Å². The summed E-state index contributed by atoms with van der Waals surface area (Å²) in [5.74, 6) is 0.369. The second-order valence-electron chi connectivity index (χ2n) is 6.96. The SMILES string of the molecule is C=CCC1(CC=C)CCN1C(=O)C1NNC(c2ccccc2)C1C. The van der Waals surface area contributed by atoms with Crippen molar-refractivity contribution < 1.29 is 4.79 Å². The highest BCUT2D eigenvalue weighted by atomic mass is 16.2. The lowest BCUT2D eigenvalue weighted by molar-refractivity contribution is -0.150. The molecule has 1 amide bonds. The number of carbonyl (C=O) groups excluding carboxylic acids is 1. The largest absolute Gasteiger partial charge is 0.335 e. The predicted molar refractivity (Wildman–Crippen MR) is 97.1 cm³/mol. The molecule has 2 aliphatic heterocycles. The van der Waals surface area contributed by atoms with Gasteiger partial charge in [-0.05, 0) is 24.8 Å². The number of benzene rings is 1. The van der Waals surface area contributed by atoms with Gasteiger partial charge in [-0.15, -0.1) is 13.2 Å². The van der Waals surface area contributed by atoms with Gasteiger partial charge in [0.15, 0.2) is 0 Å². The summed E-state index contributed by atoms with van der Waals surface area (Å²) in [4.78, 5) is 15.2. The van der Waals surface area contributed by atoms with E-state index in [1.54, 1.807) is 0 Å². The third kappa shape index (κ3) is 2.80. The number of hydrogen-bond donors (Lipinski definition) is 2. The standard InChI is InChI=1S/C20H27N3O/c1-4-11-20(12-5-2)13-14-23(20)19(24)18-15(3)17(21-22-18)16-9-7-6-8-10-16/h4-10,15,17-18,21-22H,1-2,11-14H2,3H3. The summed E-state index contributed by atoms with van der Waals surface area (Å²) in [5.41, 5.74) is 7.63. The van der Waals surface area contributed by atoms with Crippen LogP contribution in [-0.2, 0) is 4.79 Å². The van der Waals surface area contributed by atoms with E-state index in [9.17, 15) is 4.79 Å². The average molecular weight is 325 g/mol. The molecule has 0 spiro atoms. The summed E-state index contributed by atoms with van der Waals surface area (Å²) in [6.45, 7) is 10.7. The first-order valence-electron chi connectivity index (χ1n) is 8.72. The molecule has 2 saturated heterocycles. The number of rotatable bonds is 6. The number of hydrazine groups is 1. The van der Waals surface area contributed by atoms with E-state index in [1.165, 1.54) is 5.56 Å². The van der Waals surface area contributed by atoms with Gasteiger partial charge in [-0.25, -0.2) is 10.9 Å². The van der Waals surface area contributed by atoms with E-state index >= 15 is 0 Å². The van der Waals surface area contributed by atoms with Crippen molar-refractivity contribution in [1.82, 2.24) is 15.8 Å². The minimum absolute atomic E-state index is 0.118. The van der Waals surface area contributed by atoms with E-state index in [0.717, 1.165) is 25.8 Å².